The fourth-order valence-corrected chi connectivity index (χ4v) is 2.04. The van der Waals surface area contributed by atoms with Crippen molar-refractivity contribution in [3.63, 3.8) is 0 Å². The molecule has 0 bridgehead atoms. The lowest BCUT2D eigenvalue weighted by atomic mass is 10.1. The van der Waals surface area contributed by atoms with Crippen LogP contribution < -0.4 is 10.6 Å². The van der Waals surface area contributed by atoms with Crippen LogP contribution in [-0.2, 0) is 4.79 Å². The number of terminal acetylenes is 1. The molecule has 114 valence electrons. The van der Waals surface area contributed by atoms with Gasteiger partial charge in [-0.15, -0.1) is 6.42 Å². The van der Waals surface area contributed by atoms with Gasteiger partial charge in [0.25, 0.3) is 0 Å². The molecule has 4 heteroatoms. The molecule has 2 amide bonds. The van der Waals surface area contributed by atoms with Crippen molar-refractivity contribution in [3.8, 4) is 12.3 Å². The van der Waals surface area contributed by atoms with E-state index in [9.17, 15) is 9.59 Å². The fourth-order valence-electron chi connectivity index (χ4n) is 2.04. The molecule has 0 rings (SSSR count). The molecular weight excluding hydrogens is 252 g/mol. The first-order chi connectivity index (χ1) is 9.49. The van der Waals surface area contributed by atoms with E-state index in [0.29, 0.717) is 6.42 Å². The average Bonchev–Trinajstić information content (AvgIpc) is 2.35. The molecule has 0 radical (unpaired) electrons. The molecule has 0 aliphatic heterocycles. The minimum atomic E-state index is -0.109. The number of carbonyl (C=O) groups excluding carboxylic acids is 2. The highest BCUT2D eigenvalue weighted by Crippen LogP contribution is 2.05. The number of amides is 2. The average molecular weight is 280 g/mol. The minimum Gasteiger partial charge on any atom is -0.336 e. The predicted octanol–water partition coefficient (Wildman–Crippen LogP) is 3.02. The maximum absolute atomic E-state index is 11.7. The zero-order valence-corrected chi connectivity index (χ0v) is 13.0. The Bertz CT molecular complexity index is 334. The summed E-state index contributed by atoms with van der Waals surface area (Å²) in [6.45, 7) is 6.08. The van der Waals surface area contributed by atoms with Crippen LogP contribution in [0.1, 0.15) is 65.7 Å². The SMILES string of the molecule is C#CCC(=O)CCCCC(C)NC(=O)NC(C)CCC. The molecule has 0 aromatic heterocycles. The Morgan fingerprint density at radius 3 is 2.25 bits per heavy atom. The summed E-state index contributed by atoms with van der Waals surface area (Å²) < 4.78 is 0. The Hall–Kier alpha value is -1.50. The molecule has 2 N–H and O–H groups in total. The largest absolute Gasteiger partial charge is 0.336 e. The minimum absolute atomic E-state index is 0.109. The second kappa shape index (κ2) is 11.3. The molecule has 0 saturated heterocycles. The number of rotatable bonds is 10. The number of hydrogen-bond donors (Lipinski definition) is 2. The first kappa shape index (κ1) is 18.5. The Morgan fingerprint density at radius 1 is 1.10 bits per heavy atom. The predicted molar refractivity (Wildman–Crippen MR) is 82.4 cm³/mol. The van der Waals surface area contributed by atoms with Gasteiger partial charge in [-0.1, -0.05) is 25.7 Å². The van der Waals surface area contributed by atoms with Crippen molar-refractivity contribution in [2.75, 3.05) is 0 Å². The number of urea groups is 1. The maximum Gasteiger partial charge on any atom is 0.315 e. The van der Waals surface area contributed by atoms with Crippen molar-refractivity contribution in [1.82, 2.24) is 10.6 Å². The van der Waals surface area contributed by atoms with Crippen molar-refractivity contribution in [1.29, 1.82) is 0 Å². The number of hydrogen-bond acceptors (Lipinski definition) is 2. The normalized spacial score (nSPS) is 13.1. The van der Waals surface area contributed by atoms with Gasteiger partial charge in [0, 0.05) is 18.5 Å². The third-order valence-electron chi connectivity index (χ3n) is 3.12. The Kier molecular flexibility index (Phi) is 10.5. The first-order valence-corrected chi connectivity index (χ1v) is 7.51. The molecule has 2 unspecified atom stereocenters. The Morgan fingerprint density at radius 2 is 1.70 bits per heavy atom. The lowest BCUT2D eigenvalue weighted by Gasteiger charge is -2.17. The van der Waals surface area contributed by atoms with E-state index in [1.54, 1.807) is 0 Å². The molecule has 2 atom stereocenters. The Labute approximate surface area is 123 Å². The zero-order valence-electron chi connectivity index (χ0n) is 13.0. The van der Waals surface area contributed by atoms with Crippen LogP contribution >= 0.6 is 0 Å². The summed E-state index contributed by atoms with van der Waals surface area (Å²) in [5, 5.41) is 5.83. The van der Waals surface area contributed by atoms with E-state index in [2.05, 4.69) is 23.5 Å². The summed E-state index contributed by atoms with van der Waals surface area (Å²) in [6, 6.07) is 0.210. The van der Waals surface area contributed by atoms with Gasteiger partial charge in [0.15, 0.2) is 0 Å². The molecule has 0 aliphatic rings. The van der Waals surface area contributed by atoms with Gasteiger partial charge in [0.2, 0.25) is 0 Å². The van der Waals surface area contributed by atoms with Gasteiger partial charge in [0.05, 0.1) is 6.42 Å². The Balaban J connectivity index is 3.67. The highest BCUT2D eigenvalue weighted by Gasteiger charge is 2.09. The van der Waals surface area contributed by atoms with E-state index >= 15 is 0 Å². The van der Waals surface area contributed by atoms with E-state index in [1.807, 2.05) is 13.8 Å². The first-order valence-electron chi connectivity index (χ1n) is 7.51. The van der Waals surface area contributed by atoms with Crippen molar-refractivity contribution in [2.24, 2.45) is 0 Å². The molecular formula is C16H28N2O2. The smallest absolute Gasteiger partial charge is 0.315 e. The van der Waals surface area contributed by atoms with E-state index in [-0.39, 0.29) is 30.3 Å². The van der Waals surface area contributed by atoms with E-state index in [4.69, 9.17) is 6.42 Å². The number of Topliss-reactive ketones (excluding diaryl/α,β-unsaturated/α-hetero) is 1. The lowest BCUT2D eigenvalue weighted by molar-refractivity contribution is -0.118. The third kappa shape index (κ3) is 10.4. The number of carbonyl (C=O) groups is 2. The summed E-state index contributed by atoms with van der Waals surface area (Å²) in [6.07, 6.45) is 10.5. The van der Waals surface area contributed by atoms with Crippen LogP contribution in [0.4, 0.5) is 4.79 Å². The van der Waals surface area contributed by atoms with E-state index in [0.717, 1.165) is 32.1 Å². The second-order valence-corrected chi connectivity index (χ2v) is 5.37. The van der Waals surface area contributed by atoms with Gasteiger partial charge >= 0.3 is 6.03 Å². The van der Waals surface area contributed by atoms with E-state index < -0.39 is 0 Å². The fraction of sp³-hybridized carbons (Fsp3) is 0.750. The number of ketones is 1. The summed E-state index contributed by atoms with van der Waals surface area (Å²) in [4.78, 5) is 22.9. The molecule has 0 heterocycles. The number of nitrogens with one attached hydrogen (secondary N) is 2. The highest BCUT2D eigenvalue weighted by atomic mass is 16.2. The highest BCUT2D eigenvalue weighted by molar-refractivity contribution is 5.80. The van der Waals surface area contributed by atoms with Crippen molar-refractivity contribution >= 4 is 11.8 Å². The molecule has 20 heavy (non-hydrogen) atoms. The van der Waals surface area contributed by atoms with Crippen LogP contribution in [0.5, 0.6) is 0 Å². The van der Waals surface area contributed by atoms with Crippen LogP contribution in [-0.4, -0.2) is 23.9 Å². The van der Waals surface area contributed by atoms with Gasteiger partial charge in [0.1, 0.15) is 5.78 Å². The zero-order chi connectivity index (χ0) is 15.4. The molecule has 4 nitrogen and oxygen atoms in total. The summed E-state index contributed by atoms with van der Waals surface area (Å²) in [7, 11) is 0. The van der Waals surface area contributed by atoms with Crippen LogP contribution in [0.15, 0.2) is 0 Å². The molecule has 0 fully saturated rings. The molecule has 0 spiro atoms. The van der Waals surface area contributed by atoms with Crippen LogP contribution in [0.3, 0.4) is 0 Å². The third-order valence-corrected chi connectivity index (χ3v) is 3.12. The van der Waals surface area contributed by atoms with Gasteiger partial charge in [-0.25, -0.2) is 4.79 Å². The van der Waals surface area contributed by atoms with Gasteiger partial charge in [-0.3, -0.25) is 4.79 Å². The second-order valence-electron chi connectivity index (χ2n) is 5.37. The maximum atomic E-state index is 11.7. The van der Waals surface area contributed by atoms with Gasteiger partial charge in [-0.2, -0.15) is 0 Å². The van der Waals surface area contributed by atoms with Crippen molar-refractivity contribution in [3.05, 3.63) is 0 Å². The van der Waals surface area contributed by atoms with Crippen molar-refractivity contribution < 1.29 is 9.59 Å². The number of unbranched alkanes of at least 4 members (excludes halogenated alkanes) is 1. The summed E-state index contributed by atoms with van der Waals surface area (Å²) >= 11 is 0. The monoisotopic (exact) mass is 280 g/mol. The molecule has 0 aromatic rings. The van der Waals surface area contributed by atoms with Crippen LogP contribution in [0, 0.1) is 12.3 Å². The lowest BCUT2D eigenvalue weighted by Crippen LogP contribution is -2.44. The quantitative estimate of drug-likeness (QED) is 0.477. The summed E-state index contributed by atoms with van der Waals surface area (Å²) in [5.41, 5.74) is 0. The topological polar surface area (TPSA) is 58.2 Å². The van der Waals surface area contributed by atoms with Crippen molar-refractivity contribution in [2.45, 2.75) is 77.8 Å². The molecule has 0 aromatic carbocycles. The van der Waals surface area contributed by atoms with E-state index in [1.165, 1.54) is 0 Å². The molecule has 0 saturated carbocycles. The standard InChI is InChI=1S/C16H28N2O2/c1-5-9-13(3)17-16(20)18-14(4)11-7-8-12-15(19)10-6-2/h2,13-14H,5,7-12H2,1,3-4H3,(H2,17,18,20). The van der Waals surface area contributed by atoms with Crippen LogP contribution in [0.2, 0.25) is 0 Å². The van der Waals surface area contributed by atoms with Gasteiger partial charge in [-0.05, 0) is 33.1 Å². The summed E-state index contributed by atoms with van der Waals surface area (Å²) in [5.74, 6) is 2.48. The van der Waals surface area contributed by atoms with Crippen LogP contribution in [0.25, 0.3) is 0 Å². The van der Waals surface area contributed by atoms with Gasteiger partial charge < -0.3 is 10.6 Å². The molecule has 0 aliphatic carbocycles.